The van der Waals surface area contributed by atoms with Crippen molar-refractivity contribution in [3.05, 3.63) is 0 Å². The summed E-state index contributed by atoms with van der Waals surface area (Å²) in [6, 6.07) is 0.326. The Balaban J connectivity index is 2.22. The molecule has 2 aliphatic heterocycles. The Morgan fingerprint density at radius 3 is 2.88 bits per heavy atom. The van der Waals surface area contributed by atoms with E-state index in [1.165, 1.54) is 0 Å². The van der Waals surface area contributed by atoms with Crippen molar-refractivity contribution in [2.75, 3.05) is 6.61 Å². The van der Waals surface area contributed by atoms with Gasteiger partial charge in [0, 0.05) is 6.42 Å². The molecule has 1 N–H and O–H groups in total. The molecular weight excluding hydrogens is 106 g/mol. The van der Waals surface area contributed by atoms with Gasteiger partial charge in [-0.2, -0.15) is 0 Å². The van der Waals surface area contributed by atoms with E-state index in [0.29, 0.717) is 6.04 Å². The topological polar surface area (TPSA) is 38.3 Å². The summed E-state index contributed by atoms with van der Waals surface area (Å²) in [4.78, 5) is 10.6. The van der Waals surface area contributed by atoms with E-state index in [0.717, 1.165) is 13.0 Å². The molecular formula is C5H7NO2. The molecule has 2 atom stereocenters. The summed E-state index contributed by atoms with van der Waals surface area (Å²) in [5.41, 5.74) is 0. The molecule has 2 heterocycles. The molecule has 3 nitrogen and oxygen atoms in total. The van der Waals surface area contributed by atoms with Gasteiger partial charge in [0.05, 0.1) is 12.6 Å². The van der Waals surface area contributed by atoms with Crippen LogP contribution in [0.15, 0.2) is 0 Å². The summed E-state index contributed by atoms with van der Waals surface area (Å²) < 4.78 is 5.05. The zero-order valence-corrected chi connectivity index (χ0v) is 4.39. The second kappa shape index (κ2) is 1.23. The lowest BCUT2D eigenvalue weighted by Crippen LogP contribution is -2.36. The first-order valence-corrected chi connectivity index (χ1v) is 2.78. The van der Waals surface area contributed by atoms with E-state index in [4.69, 9.17) is 4.74 Å². The third kappa shape index (κ3) is 0.395. The minimum atomic E-state index is -0.111. The fourth-order valence-corrected chi connectivity index (χ4v) is 1.20. The largest absolute Gasteiger partial charge is 0.366 e. The highest BCUT2D eigenvalue weighted by Crippen LogP contribution is 2.19. The quantitative estimate of drug-likeness (QED) is 0.450. The van der Waals surface area contributed by atoms with Crippen LogP contribution in [0.2, 0.25) is 0 Å². The Labute approximate surface area is 47.0 Å². The molecule has 2 rings (SSSR count). The first-order chi connectivity index (χ1) is 3.86. The molecule has 0 aromatic heterocycles. The van der Waals surface area contributed by atoms with Gasteiger partial charge >= 0.3 is 0 Å². The van der Waals surface area contributed by atoms with Crippen LogP contribution in [0.3, 0.4) is 0 Å². The Morgan fingerprint density at radius 1 is 1.75 bits per heavy atom. The predicted molar refractivity (Wildman–Crippen MR) is 26.3 cm³/mol. The van der Waals surface area contributed by atoms with Crippen LogP contribution >= 0.6 is 0 Å². The molecule has 0 spiro atoms. The van der Waals surface area contributed by atoms with E-state index in [-0.39, 0.29) is 12.0 Å². The van der Waals surface area contributed by atoms with Crippen molar-refractivity contribution in [1.82, 2.24) is 5.32 Å². The molecule has 44 valence electrons. The van der Waals surface area contributed by atoms with Crippen LogP contribution in [0, 0.1) is 0 Å². The third-order valence-electron chi connectivity index (χ3n) is 1.64. The lowest BCUT2D eigenvalue weighted by molar-refractivity contribution is -0.131. The average Bonchev–Trinajstić information content (AvgIpc) is 2.23. The van der Waals surface area contributed by atoms with Gasteiger partial charge in [-0.05, 0) is 0 Å². The fourth-order valence-electron chi connectivity index (χ4n) is 1.20. The molecule has 8 heavy (non-hydrogen) atoms. The van der Waals surface area contributed by atoms with E-state index in [1.807, 2.05) is 0 Å². The van der Waals surface area contributed by atoms with Crippen molar-refractivity contribution < 1.29 is 9.53 Å². The molecule has 2 bridgehead atoms. The number of carbonyl (C=O) groups is 1. The number of morpholine rings is 1. The summed E-state index contributed by atoms with van der Waals surface area (Å²) >= 11 is 0. The smallest absolute Gasteiger partial charge is 0.249 e. The minimum absolute atomic E-state index is 0.0706. The number of rotatable bonds is 0. The van der Waals surface area contributed by atoms with Gasteiger partial charge in [0.1, 0.15) is 6.10 Å². The molecule has 2 fully saturated rings. The zero-order chi connectivity index (χ0) is 5.56. The van der Waals surface area contributed by atoms with Gasteiger partial charge in [-0.25, -0.2) is 0 Å². The Morgan fingerprint density at radius 2 is 2.62 bits per heavy atom. The van der Waals surface area contributed by atoms with Crippen LogP contribution in [0.1, 0.15) is 6.42 Å². The highest BCUT2D eigenvalue weighted by molar-refractivity contribution is 5.84. The maximum Gasteiger partial charge on any atom is 0.249 e. The molecule has 0 unspecified atom stereocenters. The highest BCUT2D eigenvalue weighted by atomic mass is 16.5. The summed E-state index contributed by atoms with van der Waals surface area (Å²) in [6.07, 6.45) is 0.777. The number of nitrogens with one attached hydrogen (secondary N) is 1. The Bertz CT molecular complexity index is 134. The van der Waals surface area contributed by atoms with Crippen LogP contribution in [-0.2, 0) is 9.53 Å². The minimum Gasteiger partial charge on any atom is -0.366 e. The lowest BCUT2D eigenvalue weighted by Gasteiger charge is -2.09. The van der Waals surface area contributed by atoms with Crippen molar-refractivity contribution in [1.29, 1.82) is 0 Å². The van der Waals surface area contributed by atoms with Gasteiger partial charge in [0.15, 0.2) is 0 Å². The predicted octanol–water partition coefficient (Wildman–Crippen LogP) is -0.726. The SMILES string of the molecule is O=C1N[C@H]2CO[C@@H]1C2. The van der Waals surface area contributed by atoms with Crippen molar-refractivity contribution in [2.24, 2.45) is 0 Å². The maximum atomic E-state index is 10.6. The standard InChI is InChI=1S/C5H7NO2/c7-5-4-1-3(6-5)2-8-4/h3-4H,1-2H2,(H,6,7)/t3-,4-/m1/s1. The molecule has 0 radical (unpaired) electrons. The Kier molecular flexibility index (Phi) is 0.663. The molecule has 0 aromatic rings. The van der Waals surface area contributed by atoms with E-state index in [2.05, 4.69) is 5.32 Å². The summed E-state index contributed by atoms with van der Waals surface area (Å²) in [6.45, 7) is 0.719. The summed E-state index contributed by atoms with van der Waals surface area (Å²) in [5.74, 6) is 0.0706. The number of ether oxygens (including phenoxy) is 1. The number of fused-ring (bicyclic) bond motifs is 2. The van der Waals surface area contributed by atoms with Gasteiger partial charge in [-0.15, -0.1) is 0 Å². The molecule has 2 saturated heterocycles. The van der Waals surface area contributed by atoms with Gasteiger partial charge in [-0.1, -0.05) is 0 Å². The van der Waals surface area contributed by atoms with Crippen LogP contribution in [0.5, 0.6) is 0 Å². The van der Waals surface area contributed by atoms with Gasteiger partial charge in [0.2, 0.25) is 5.91 Å². The van der Waals surface area contributed by atoms with Crippen molar-refractivity contribution >= 4 is 5.91 Å². The Hall–Kier alpha value is -0.570. The number of carbonyl (C=O) groups excluding carboxylic acids is 1. The first kappa shape index (κ1) is 4.32. The van der Waals surface area contributed by atoms with Crippen LogP contribution < -0.4 is 5.32 Å². The van der Waals surface area contributed by atoms with Gasteiger partial charge in [0.25, 0.3) is 0 Å². The fraction of sp³-hybridized carbons (Fsp3) is 0.800. The third-order valence-corrected chi connectivity index (χ3v) is 1.64. The lowest BCUT2D eigenvalue weighted by atomic mass is 10.2. The monoisotopic (exact) mass is 113 g/mol. The van der Waals surface area contributed by atoms with Crippen LogP contribution in [0.4, 0.5) is 0 Å². The average molecular weight is 113 g/mol. The summed E-state index contributed by atoms with van der Waals surface area (Å²) in [7, 11) is 0. The molecule has 0 aromatic carbocycles. The zero-order valence-electron chi connectivity index (χ0n) is 4.39. The molecule has 0 aliphatic carbocycles. The molecule has 1 amide bonds. The first-order valence-electron chi connectivity index (χ1n) is 2.78. The second-order valence-corrected chi connectivity index (χ2v) is 2.26. The van der Waals surface area contributed by atoms with Gasteiger partial charge < -0.3 is 10.1 Å². The van der Waals surface area contributed by atoms with E-state index in [9.17, 15) is 4.79 Å². The molecule has 3 heteroatoms. The molecule has 2 aliphatic rings. The number of hydrogen-bond acceptors (Lipinski definition) is 2. The van der Waals surface area contributed by atoms with Crippen molar-refractivity contribution in [2.45, 2.75) is 18.6 Å². The highest BCUT2D eigenvalue weighted by Gasteiger charge is 2.38. The van der Waals surface area contributed by atoms with E-state index >= 15 is 0 Å². The number of amides is 1. The van der Waals surface area contributed by atoms with E-state index < -0.39 is 0 Å². The summed E-state index contributed by atoms with van der Waals surface area (Å²) in [5, 5.41) is 2.79. The molecule has 0 saturated carbocycles. The van der Waals surface area contributed by atoms with Gasteiger partial charge in [-0.3, -0.25) is 4.79 Å². The van der Waals surface area contributed by atoms with Crippen molar-refractivity contribution in [3.8, 4) is 0 Å². The second-order valence-electron chi connectivity index (χ2n) is 2.26. The van der Waals surface area contributed by atoms with E-state index in [1.54, 1.807) is 0 Å². The maximum absolute atomic E-state index is 10.6. The van der Waals surface area contributed by atoms with Crippen LogP contribution in [-0.4, -0.2) is 24.7 Å². The number of hydrogen-bond donors (Lipinski definition) is 1. The van der Waals surface area contributed by atoms with Crippen LogP contribution in [0.25, 0.3) is 0 Å². The normalized spacial score (nSPS) is 42.8. The van der Waals surface area contributed by atoms with Crippen molar-refractivity contribution in [3.63, 3.8) is 0 Å².